The Labute approximate surface area is 168 Å². The average Bonchev–Trinajstić information content (AvgIpc) is 3.22. The van der Waals surface area contributed by atoms with Gasteiger partial charge in [-0.15, -0.1) is 0 Å². The molecule has 2 aliphatic rings. The van der Waals surface area contributed by atoms with E-state index in [1.54, 1.807) is 0 Å². The molecular formula is C20H21N5O4. The summed E-state index contributed by atoms with van der Waals surface area (Å²) in [5.41, 5.74) is 1.13. The van der Waals surface area contributed by atoms with Crippen molar-refractivity contribution in [2.45, 2.75) is 44.4 Å². The van der Waals surface area contributed by atoms with Crippen LogP contribution >= 0.6 is 0 Å². The van der Waals surface area contributed by atoms with Crippen LogP contribution in [0, 0.1) is 11.3 Å². The predicted octanol–water partition coefficient (Wildman–Crippen LogP) is 2.27. The first-order valence-corrected chi connectivity index (χ1v) is 9.52. The van der Waals surface area contributed by atoms with Gasteiger partial charge in [0.15, 0.2) is 11.5 Å². The molecule has 0 bridgehead atoms. The summed E-state index contributed by atoms with van der Waals surface area (Å²) in [7, 11) is 0. The van der Waals surface area contributed by atoms with E-state index in [1.165, 1.54) is 12.4 Å². The second-order valence-electron chi connectivity index (χ2n) is 6.93. The minimum absolute atomic E-state index is 0.0338. The van der Waals surface area contributed by atoms with Crippen LogP contribution in [0.15, 0.2) is 30.6 Å². The van der Waals surface area contributed by atoms with E-state index in [0.29, 0.717) is 12.3 Å². The van der Waals surface area contributed by atoms with E-state index in [4.69, 9.17) is 19.5 Å². The highest BCUT2D eigenvalue weighted by Gasteiger charge is 2.25. The number of nitriles is 1. The zero-order chi connectivity index (χ0) is 20.1. The number of nitrogens with zero attached hydrogens (tertiary/aromatic N) is 3. The molecule has 1 fully saturated rings. The van der Waals surface area contributed by atoms with Gasteiger partial charge in [0.05, 0.1) is 0 Å². The fraction of sp³-hybridized carbons (Fsp3) is 0.400. The van der Waals surface area contributed by atoms with E-state index < -0.39 is 0 Å². The maximum atomic E-state index is 12.2. The Hall–Kier alpha value is -3.54. The number of fused-ring (bicyclic) bond motifs is 1. The molecule has 0 saturated heterocycles. The summed E-state index contributed by atoms with van der Waals surface area (Å²) in [6, 6.07) is 7.48. The lowest BCUT2D eigenvalue weighted by atomic mass is 9.93. The van der Waals surface area contributed by atoms with Crippen molar-refractivity contribution < 1.29 is 19.0 Å². The fourth-order valence-corrected chi connectivity index (χ4v) is 3.44. The number of hydrogen-bond donors (Lipinski definition) is 2. The van der Waals surface area contributed by atoms with Gasteiger partial charge in [-0.2, -0.15) is 5.26 Å². The van der Waals surface area contributed by atoms with E-state index in [1.807, 2.05) is 24.3 Å². The van der Waals surface area contributed by atoms with Crippen LogP contribution in [0.5, 0.6) is 17.4 Å². The lowest BCUT2D eigenvalue weighted by Gasteiger charge is -2.29. The summed E-state index contributed by atoms with van der Waals surface area (Å²) in [6.07, 6.45) is 6.08. The smallest absolute Gasteiger partial charge is 0.315 e. The molecule has 1 aliphatic heterocycles. The van der Waals surface area contributed by atoms with Crippen molar-refractivity contribution in [2.75, 3.05) is 6.79 Å². The first-order chi connectivity index (χ1) is 14.2. The van der Waals surface area contributed by atoms with E-state index in [2.05, 4.69) is 20.6 Å². The average molecular weight is 395 g/mol. The number of hydrogen-bond acceptors (Lipinski definition) is 7. The molecule has 9 heteroatoms. The Morgan fingerprint density at radius 3 is 2.79 bits per heavy atom. The number of urea groups is 1. The lowest BCUT2D eigenvalue weighted by molar-refractivity contribution is 0.134. The molecule has 1 saturated carbocycles. The van der Waals surface area contributed by atoms with Gasteiger partial charge < -0.3 is 24.8 Å². The Bertz CT molecular complexity index is 921. The highest BCUT2D eigenvalue weighted by Crippen LogP contribution is 2.32. The molecule has 4 rings (SSSR count). The van der Waals surface area contributed by atoms with Gasteiger partial charge in [0.25, 0.3) is 5.88 Å². The van der Waals surface area contributed by atoms with Gasteiger partial charge in [0.2, 0.25) is 12.5 Å². The van der Waals surface area contributed by atoms with Crippen LogP contribution in [0.1, 0.15) is 36.9 Å². The van der Waals surface area contributed by atoms with Gasteiger partial charge >= 0.3 is 6.03 Å². The van der Waals surface area contributed by atoms with Crippen LogP contribution in [-0.2, 0) is 6.54 Å². The van der Waals surface area contributed by atoms with Crippen molar-refractivity contribution >= 4 is 6.03 Å². The molecule has 0 radical (unpaired) electrons. The van der Waals surface area contributed by atoms with Crippen LogP contribution in [0.25, 0.3) is 0 Å². The third kappa shape index (κ3) is 4.66. The second kappa shape index (κ2) is 8.65. The highest BCUT2D eigenvalue weighted by molar-refractivity contribution is 5.74. The largest absolute Gasteiger partial charge is 0.472 e. The molecule has 0 spiro atoms. The van der Waals surface area contributed by atoms with Crippen LogP contribution in [-0.4, -0.2) is 34.9 Å². The van der Waals surface area contributed by atoms with Crippen molar-refractivity contribution in [3.05, 3.63) is 41.9 Å². The zero-order valence-electron chi connectivity index (χ0n) is 15.8. The van der Waals surface area contributed by atoms with Crippen LogP contribution in [0.4, 0.5) is 4.79 Å². The number of benzene rings is 1. The Kier molecular flexibility index (Phi) is 5.61. The molecule has 9 nitrogen and oxygen atoms in total. The third-order valence-corrected chi connectivity index (χ3v) is 4.95. The SMILES string of the molecule is N#Cc1nccnc1OC1CCC(NC(=O)NCc2ccc3c(c2)OCO3)CC1. The molecule has 2 heterocycles. The molecule has 1 aliphatic carbocycles. The monoisotopic (exact) mass is 395 g/mol. The second-order valence-corrected chi connectivity index (χ2v) is 6.93. The summed E-state index contributed by atoms with van der Waals surface area (Å²) in [6.45, 7) is 0.637. The minimum Gasteiger partial charge on any atom is -0.472 e. The lowest BCUT2D eigenvalue weighted by Crippen LogP contribution is -2.44. The summed E-state index contributed by atoms with van der Waals surface area (Å²) >= 11 is 0. The number of nitrogens with one attached hydrogen (secondary N) is 2. The maximum Gasteiger partial charge on any atom is 0.315 e. The molecular weight excluding hydrogens is 374 g/mol. The van der Waals surface area contributed by atoms with Gasteiger partial charge in [0.1, 0.15) is 12.2 Å². The van der Waals surface area contributed by atoms with Gasteiger partial charge in [-0.3, -0.25) is 0 Å². The zero-order valence-corrected chi connectivity index (χ0v) is 15.8. The molecule has 0 atom stereocenters. The van der Waals surface area contributed by atoms with E-state index in [-0.39, 0.29) is 36.5 Å². The topological polar surface area (TPSA) is 118 Å². The van der Waals surface area contributed by atoms with Crippen LogP contribution < -0.4 is 24.8 Å². The van der Waals surface area contributed by atoms with Crippen molar-refractivity contribution in [2.24, 2.45) is 0 Å². The van der Waals surface area contributed by atoms with Crippen LogP contribution in [0.2, 0.25) is 0 Å². The number of carbonyl (C=O) groups excluding carboxylic acids is 1. The molecule has 1 aromatic carbocycles. The quantitative estimate of drug-likeness (QED) is 0.797. The number of amides is 2. The van der Waals surface area contributed by atoms with Gasteiger partial charge in [0, 0.05) is 25.0 Å². The van der Waals surface area contributed by atoms with Crippen molar-refractivity contribution in [1.82, 2.24) is 20.6 Å². The maximum absolute atomic E-state index is 12.2. The first-order valence-electron chi connectivity index (χ1n) is 9.52. The Balaban J connectivity index is 1.20. The normalized spacial score (nSPS) is 19.8. The fourth-order valence-electron chi connectivity index (χ4n) is 3.44. The van der Waals surface area contributed by atoms with Gasteiger partial charge in [-0.1, -0.05) is 6.07 Å². The van der Waals surface area contributed by atoms with Gasteiger partial charge in [-0.25, -0.2) is 14.8 Å². The first kappa shape index (κ1) is 18.8. The third-order valence-electron chi connectivity index (χ3n) is 4.95. The number of rotatable bonds is 5. The molecule has 1 aromatic heterocycles. The van der Waals surface area contributed by atoms with Crippen molar-refractivity contribution in [3.8, 4) is 23.4 Å². The van der Waals surface area contributed by atoms with Crippen LogP contribution in [0.3, 0.4) is 0 Å². The van der Waals surface area contributed by atoms with E-state index >= 15 is 0 Å². The molecule has 2 amide bonds. The molecule has 29 heavy (non-hydrogen) atoms. The summed E-state index contributed by atoms with van der Waals surface area (Å²) < 4.78 is 16.5. The standard InChI is InChI=1S/C20H21N5O4/c21-10-16-19(23-8-7-22-16)29-15-4-2-14(3-5-15)25-20(26)24-11-13-1-6-17-18(9-13)28-12-27-17/h1,6-9,14-15H,2-5,11-12H2,(H2,24,25,26). The summed E-state index contributed by atoms with van der Waals surface area (Å²) in [4.78, 5) is 20.2. The minimum atomic E-state index is -0.201. The molecule has 0 unspecified atom stereocenters. The Morgan fingerprint density at radius 2 is 1.97 bits per heavy atom. The van der Waals surface area contributed by atoms with E-state index in [9.17, 15) is 4.79 Å². The van der Waals surface area contributed by atoms with Gasteiger partial charge in [-0.05, 0) is 43.4 Å². The summed E-state index contributed by atoms with van der Waals surface area (Å²) in [5, 5.41) is 14.9. The Morgan fingerprint density at radius 1 is 1.17 bits per heavy atom. The molecule has 2 aromatic rings. The number of ether oxygens (including phenoxy) is 3. The highest BCUT2D eigenvalue weighted by atomic mass is 16.7. The summed E-state index contributed by atoms with van der Waals surface area (Å²) in [5.74, 6) is 1.69. The number of carbonyl (C=O) groups is 1. The predicted molar refractivity (Wildman–Crippen MR) is 101 cm³/mol. The molecule has 150 valence electrons. The number of aromatic nitrogens is 2. The molecule has 2 N–H and O–H groups in total. The van der Waals surface area contributed by atoms with Crippen molar-refractivity contribution in [3.63, 3.8) is 0 Å². The van der Waals surface area contributed by atoms with E-state index in [0.717, 1.165) is 37.0 Å². The van der Waals surface area contributed by atoms with Crippen molar-refractivity contribution in [1.29, 1.82) is 5.26 Å².